The standard InChI is InChI=1S/C24H30N6O3S/c1-29(2)16-12-32-13-17(16)30-22-15(11-25-30)23(34-3)27-21(26-22)19-14-7-6-10-24(20(14)33-28-19)9-5-4-8-18(24)31/h11,16-17H,4-10,12-13H2,1-3H3/t16?,17?,24-/m1/s1. The molecule has 1 saturated heterocycles. The van der Waals surface area contributed by atoms with Crippen LogP contribution in [0.5, 0.6) is 0 Å². The number of fused-ring (bicyclic) bond motifs is 3. The number of Topliss-reactive ketones (excluding diaryl/α,β-unsaturated/α-hetero) is 1. The van der Waals surface area contributed by atoms with Crippen molar-refractivity contribution in [2.45, 2.75) is 67.5 Å². The van der Waals surface area contributed by atoms with Crippen LogP contribution in [0.1, 0.15) is 55.9 Å². The van der Waals surface area contributed by atoms with Gasteiger partial charge in [-0.15, -0.1) is 11.8 Å². The van der Waals surface area contributed by atoms with Gasteiger partial charge in [-0.1, -0.05) is 11.6 Å². The van der Waals surface area contributed by atoms with Crippen LogP contribution in [0.15, 0.2) is 15.7 Å². The van der Waals surface area contributed by atoms with Crippen LogP contribution in [0.3, 0.4) is 0 Å². The van der Waals surface area contributed by atoms with Crippen molar-refractivity contribution in [2.24, 2.45) is 0 Å². The van der Waals surface area contributed by atoms with Crippen molar-refractivity contribution in [3.8, 4) is 11.5 Å². The van der Waals surface area contributed by atoms with E-state index in [2.05, 4.69) is 24.2 Å². The molecule has 34 heavy (non-hydrogen) atoms. The van der Waals surface area contributed by atoms with Crippen molar-refractivity contribution in [2.75, 3.05) is 33.6 Å². The van der Waals surface area contributed by atoms with Gasteiger partial charge in [0.25, 0.3) is 0 Å². The zero-order valence-corrected chi connectivity index (χ0v) is 20.7. The summed E-state index contributed by atoms with van der Waals surface area (Å²) < 4.78 is 13.7. The average molecular weight is 483 g/mol. The Morgan fingerprint density at radius 2 is 2.00 bits per heavy atom. The van der Waals surface area contributed by atoms with Crippen molar-refractivity contribution in [1.29, 1.82) is 0 Å². The summed E-state index contributed by atoms with van der Waals surface area (Å²) >= 11 is 1.57. The third kappa shape index (κ3) is 3.25. The summed E-state index contributed by atoms with van der Waals surface area (Å²) in [5.74, 6) is 1.61. The van der Waals surface area contributed by atoms with Gasteiger partial charge >= 0.3 is 0 Å². The average Bonchev–Trinajstić information content (AvgIpc) is 3.58. The molecule has 180 valence electrons. The monoisotopic (exact) mass is 482 g/mol. The maximum absolute atomic E-state index is 13.0. The van der Waals surface area contributed by atoms with Gasteiger partial charge in [-0.05, 0) is 52.5 Å². The first kappa shape index (κ1) is 22.2. The third-order valence-electron chi connectivity index (χ3n) is 7.87. The molecule has 0 N–H and O–H groups in total. The van der Waals surface area contributed by atoms with Crippen LogP contribution >= 0.6 is 11.8 Å². The van der Waals surface area contributed by atoms with Gasteiger partial charge in [-0.25, -0.2) is 14.6 Å². The summed E-state index contributed by atoms with van der Waals surface area (Å²) in [6, 6.07) is 0.288. The van der Waals surface area contributed by atoms with Gasteiger partial charge in [0.1, 0.15) is 10.8 Å². The molecule has 0 amide bonds. The van der Waals surface area contributed by atoms with E-state index < -0.39 is 5.41 Å². The molecule has 1 saturated carbocycles. The van der Waals surface area contributed by atoms with Gasteiger partial charge in [0.15, 0.2) is 22.9 Å². The van der Waals surface area contributed by atoms with E-state index in [1.165, 1.54) is 0 Å². The second-order valence-electron chi connectivity index (χ2n) is 9.92. The highest BCUT2D eigenvalue weighted by Gasteiger charge is 2.48. The topological polar surface area (TPSA) is 99.2 Å². The van der Waals surface area contributed by atoms with Crippen molar-refractivity contribution in [3.63, 3.8) is 0 Å². The minimum absolute atomic E-state index is 0.0688. The molecule has 1 aliphatic heterocycles. The van der Waals surface area contributed by atoms with E-state index in [4.69, 9.17) is 24.3 Å². The normalized spacial score (nSPS) is 27.2. The van der Waals surface area contributed by atoms with Gasteiger partial charge in [0.2, 0.25) is 0 Å². The Morgan fingerprint density at radius 3 is 2.79 bits per heavy atom. The van der Waals surface area contributed by atoms with E-state index >= 15 is 0 Å². The number of hydrogen-bond donors (Lipinski definition) is 0. The quantitative estimate of drug-likeness (QED) is 0.409. The lowest BCUT2D eigenvalue weighted by Gasteiger charge is -2.36. The summed E-state index contributed by atoms with van der Waals surface area (Å²) in [6.45, 7) is 1.26. The summed E-state index contributed by atoms with van der Waals surface area (Å²) in [6.07, 6.45) is 10.00. The molecule has 10 heteroatoms. The van der Waals surface area contributed by atoms with Crippen molar-refractivity contribution < 1.29 is 14.1 Å². The molecule has 1 spiro atoms. The Kier molecular flexibility index (Phi) is 5.50. The molecule has 3 atom stereocenters. The lowest BCUT2D eigenvalue weighted by Crippen LogP contribution is -2.41. The SMILES string of the molecule is CSc1nc(-c2noc3c2CCC[C@@]32CCCCC2=O)nc2c1cnn2C1COCC1N(C)C. The molecule has 3 aromatic heterocycles. The molecule has 0 bridgehead atoms. The van der Waals surface area contributed by atoms with Crippen LogP contribution in [-0.2, 0) is 21.4 Å². The van der Waals surface area contributed by atoms with E-state index in [9.17, 15) is 4.79 Å². The van der Waals surface area contributed by atoms with E-state index in [0.29, 0.717) is 36.9 Å². The molecule has 2 aliphatic carbocycles. The molecule has 4 heterocycles. The van der Waals surface area contributed by atoms with E-state index in [0.717, 1.165) is 65.9 Å². The van der Waals surface area contributed by atoms with Crippen molar-refractivity contribution in [3.05, 3.63) is 17.5 Å². The first-order valence-corrected chi connectivity index (χ1v) is 13.3. The number of thioether (sulfide) groups is 1. The fourth-order valence-corrected chi connectivity index (χ4v) is 6.57. The van der Waals surface area contributed by atoms with Gasteiger partial charge in [-0.2, -0.15) is 5.10 Å². The summed E-state index contributed by atoms with van der Waals surface area (Å²) in [7, 11) is 4.13. The highest BCUT2D eigenvalue weighted by atomic mass is 32.2. The highest BCUT2D eigenvalue weighted by molar-refractivity contribution is 7.98. The predicted molar refractivity (Wildman–Crippen MR) is 128 cm³/mol. The molecule has 9 nitrogen and oxygen atoms in total. The number of carbonyl (C=O) groups is 1. The molecule has 0 aromatic carbocycles. The second kappa shape index (κ2) is 8.42. The minimum Gasteiger partial charge on any atom is -0.377 e. The number of ketones is 1. The van der Waals surface area contributed by atoms with Gasteiger partial charge in [0, 0.05) is 12.0 Å². The van der Waals surface area contributed by atoms with Crippen LogP contribution in [0, 0.1) is 0 Å². The number of aromatic nitrogens is 5. The van der Waals surface area contributed by atoms with Crippen LogP contribution in [0.2, 0.25) is 0 Å². The number of nitrogens with zero attached hydrogens (tertiary/aromatic N) is 6. The zero-order valence-electron chi connectivity index (χ0n) is 19.9. The highest BCUT2D eigenvalue weighted by Crippen LogP contribution is 2.47. The fourth-order valence-electron chi connectivity index (χ4n) is 6.03. The van der Waals surface area contributed by atoms with Crippen LogP contribution in [0.4, 0.5) is 0 Å². The molecule has 2 unspecified atom stereocenters. The molecule has 2 fully saturated rings. The number of rotatable bonds is 4. The first-order valence-electron chi connectivity index (χ1n) is 12.1. The number of hydrogen-bond acceptors (Lipinski definition) is 9. The van der Waals surface area contributed by atoms with Crippen LogP contribution in [0.25, 0.3) is 22.6 Å². The smallest absolute Gasteiger partial charge is 0.185 e. The Balaban J connectivity index is 1.48. The fraction of sp³-hybridized carbons (Fsp3) is 0.625. The summed E-state index contributed by atoms with van der Waals surface area (Å²) in [4.78, 5) is 25.1. The molecule has 6 rings (SSSR count). The Labute approximate surface area is 202 Å². The maximum atomic E-state index is 13.0. The largest absolute Gasteiger partial charge is 0.377 e. The predicted octanol–water partition coefficient (Wildman–Crippen LogP) is 3.42. The molecule has 0 radical (unpaired) electrons. The summed E-state index contributed by atoms with van der Waals surface area (Å²) in [5.41, 5.74) is 1.96. The molecular weight excluding hydrogens is 452 g/mol. The first-order chi connectivity index (χ1) is 16.5. The van der Waals surface area contributed by atoms with Crippen LogP contribution in [-0.4, -0.2) is 75.2 Å². The van der Waals surface area contributed by atoms with Gasteiger partial charge in [-0.3, -0.25) is 4.79 Å². The number of ether oxygens (including phenoxy) is 1. The zero-order chi connectivity index (χ0) is 23.4. The summed E-state index contributed by atoms with van der Waals surface area (Å²) in [5, 5.41) is 11.0. The van der Waals surface area contributed by atoms with Crippen molar-refractivity contribution >= 4 is 28.6 Å². The Hall–Kier alpha value is -2.30. The third-order valence-corrected chi connectivity index (χ3v) is 8.56. The molecular formula is C24H30N6O3S. The van der Waals surface area contributed by atoms with Gasteiger partial charge in [0.05, 0.1) is 42.3 Å². The van der Waals surface area contributed by atoms with E-state index in [-0.39, 0.29) is 12.1 Å². The number of likely N-dealkylation sites (N-methyl/N-ethyl adjacent to an activating group) is 1. The minimum atomic E-state index is -0.509. The van der Waals surface area contributed by atoms with Crippen LogP contribution < -0.4 is 0 Å². The maximum Gasteiger partial charge on any atom is 0.185 e. The molecule has 3 aliphatic rings. The lowest BCUT2D eigenvalue weighted by atomic mass is 9.64. The van der Waals surface area contributed by atoms with Crippen molar-refractivity contribution in [1.82, 2.24) is 29.8 Å². The van der Waals surface area contributed by atoms with Gasteiger partial charge < -0.3 is 14.2 Å². The second-order valence-corrected chi connectivity index (χ2v) is 10.7. The Morgan fingerprint density at radius 1 is 1.15 bits per heavy atom. The number of carbonyl (C=O) groups excluding carboxylic acids is 1. The molecule has 3 aromatic rings. The lowest BCUT2D eigenvalue weighted by molar-refractivity contribution is -0.128. The van der Waals surface area contributed by atoms with E-state index in [1.54, 1.807) is 11.8 Å². The Bertz CT molecular complexity index is 1250. The van der Waals surface area contributed by atoms with E-state index in [1.807, 2.05) is 17.1 Å².